The van der Waals surface area contributed by atoms with E-state index in [1.54, 1.807) is 12.1 Å². The van der Waals surface area contributed by atoms with Gasteiger partial charge in [0.25, 0.3) is 0 Å². The predicted octanol–water partition coefficient (Wildman–Crippen LogP) is 3.41. The summed E-state index contributed by atoms with van der Waals surface area (Å²) in [7, 11) is 0. The second-order valence-electron chi connectivity index (χ2n) is 4.65. The molecule has 1 saturated carbocycles. The smallest absolute Gasteiger partial charge is 0.248 e. The Morgan fingerprint density at radius 1 is 1.18 bits per heavy atom. The fourth-order valence-corrected chi connectivity index (χ4v) is 2.68. The lowest BCUT2D eigenvalue weighted by atomic mass is 9.75. The van der Waals surface area contributed by atoms with Crippen LogP contribution in [-0.4, -0.2) is 11.0 Å². The molecule has 17 heavy (non-hydrogen) atoms. The van der Waals surface area contributed by atoms with Crippen molar-refractivity contribution in [3.8, 4) is 5.75 Å². The van der Waals surface area contributed by atoms with Gasteiger partial charge in [0.15, 0.2) is 0 Å². The second kappa shape index (κ2) is 4.10. The van der Waals surface area contributed by atoms with Crippen LogP contribution in [0.25, 0.3) is 0 Å². The van der Waals surface area contributed by atoms with E-state index in [1.807, 2.05) is 0 Å². The van der Waals surface area contributed by atoms with Gasteiger partial charge in [-0.3, -0.25) is 0 Å². The van der Waals surface area contributed by atoms with Crippen molar-refractivity contribution in [2.45, 2.75) is 37.1 Å². The Kier molecular flexibility index (Phi) is 3.04. The molecule has 2 nitrogen and oxygen atoms in total. The van der Waals surface area contributed by atoms with Gasteiger partial charge in [0.05, 0.1) is 0 Å². The molecule has 1 aliphatic rings. The van der Waals surface area contributed by atoms with Gasteiger partial charge >= 0.3 is 0 Å². The van der Waals surface area contributed by atoms with Crippen molar-refractivity contribution >= 4 is 11.6 Å². The van der Waals surface area contributed by atoms with Crippen LogP contribution in [0.1, 0.15) is 31.2 Å². The molecule has 0 aromatic heterocycles. The summed E-state index contributed by atoms with van der Waals surface area (Å²) in [4.78, 5) is 0. The SMILES string of the molecule is NC1(c2c(O)cccc2Cl)CCC(F)(F)CC1. The normalized spacial score (nSPS) is 22.4. The van der Waals surface area contributed by atoms with Crippen LogP contribution in [0.5, 0.6) is 5.75 Å². The van der Waals surface area contributed by atoms with Crippen LogP contribution in [0.4, 0.5) is 8.78 Å². The molecule has 3 N–H and O–H groups in total. The van der Waals surface area contributed by atoms with Gasteiger partial charge in [0, 0.05) is 29.0 Å². The minimum absolute atomic E-state index is 0.0229. The molecule has 1 aliphatic carbocycles. The van der Waals surface area contributed by atoms with Crippen molar-refractivity contribution in [3.63, 3.8) is 0 Å². The summed E-state index contributed by atoms with van der Waals surface area (Å²) in [6.07, 6.45) is -0.295. The number of rotatable bonds is 1. The van der Waals surface area contributed by atoms with Crippen LogP contribution in [-0.2, 0) is 5.54 Å². The predicted molar refractivity (Wildman–Crippen MR) is 62.4 cm³/mol. The zero-order chi connectivity index (χ0) is 12.7. The Morgan fingerprint density at radius 2 is 1.76 bits per heavy atom. The zero-order valence-electron chi connectivity index (χ0n) is 9.22. The molecule has 2 rings (SSSR count). The Labute approximate surface area is 103 Å². The Balaban J connectivity index is 2.34. The lowest BCUT2D eigenvalue weighted by molar-refractivity contribution is -0.0516. The fraction of sp³-hybridized carbons (Fsp3) is 0.500. The largest absolute Gasteiger partial charge is 0.508 e. The molecule has 0 aliphatic heterocycles. The van der Waals surface area contributed by atoms with Gasteiger partial charge in [-0.1, -0.05) is 17.7 Å². The number of aromatic hydroxyl groups is 1. The first-order valence-corrected chi connectivity index (χ1v) is 5.87. The van der Waals surface area contributed by atoms with E-state index >= 15 is 0 Å². The van der Waals surface area contributed by atoms with Crippen LogP contribution in [0.3, 0.4) is 0 Å². The number of benzene rings is 1. The highest BCUT2D eigenvalue weighted by atomic mass is 35.5. The highest BCUT2D eigenvalue weighted by Gasteiger charge is 2.43. The minimum Gasteiger partial charge on any atom is -0.508 e. The monoisotopic (exact) mass is 261 g/mol. The summed E-state index contributed by atoms with van der Waals surface area (Å²) < 4.78 is 26.2. The maximum absolute atomic E-state index is 13.1. The fourth-order valence-electron chi connectivity index (χ4n) is 2.32. The molecular weight excluding hydrogens is 248 g/mol. The summed E-state index contributed by atoms with van der Waals surface area (Å²) in [5, 5.41) is 10.1. The molecule has 0 spiro atoms. The van der Waals surface area contributed by atoms with Crippen molar-refractivity contribution in [1.82, 2.24) is 0 Å². The molecule has 0 radical (unpaired) electrons. The van der Waals surface area contributed by atoms with E-state index in [-0.39, 0.29) is 31.4 Å². The van der Waals surface area contributed by atoms with E-state index in [0.717, 1.165) is 0 Å². The van der Waals surface area contributed by atoms with Crippen molar-refractivity contribution in [2.75, 3.05) is 0 Å². The quantitative estimate of drug-likeness (QED) is 0.814. The Bertz CT molecular complexity index is 406. The van der Waals surface area contributed by atoms with E-state index in [2.05, 4.69) is 0 Å². The van der Waals surface area contributed by atoms with Gasteiger partial charge in [-0.25, -0.2) is 8.78 Å². The molecule has 0 atom stereocenters. The molecule has 1 fully saturated rings. The molecule has 1 aromatic carbocycles. The molecule has 5 heteroatoms. The van der Waals surface area contributed by atoms with Crippen LogP contribution >= 0.6 is 11.6 Å². The minimum atomic E-state index is -2.65. The number of alkyl halides is 2. The summed E-state index contributed by atoms with van der Waals surface area (Å²) in [6, 6.07) is 4.68. The number of halogens is 3. The van der Waals surface area contributed by atoms with Crippen molar-refractivity contribution < 1.29 is 13.9 Å². The number of phenolic OH excluding ortho intramolecular Hbond substituents is 1. The van der Waals surface area contributed by atoms with E-state index in [1.165, 1.54) is 6.07 Å². The van der Waals surface area contributed by atoms with Crippen LogP contribution < -0.4 is 5.73 Å². The topological polar surface area (TPSA) is 46.2 Å². The van der Waals surface area contributed by atoms with Gasteiger partial charge in [0.1, 0.15) is 5.75 Å². The maximum atomic E-state index is 13.1. The van der Waals surface area contributed by atoms with Crippen molar-refractivity contribution in [3.05, 3.63) is 28.8 Å². The molecular formula is C12H14ClF2NO. The molecule has 0 amide bonds. The summed E-state index contributed by atoms with van der Waals surface area (Å²) in [5.74, 6) is -2.68. The highest BCUT2D eigenvalue weighted by molar-refractivity contribution is 6.31. The highest BCUT2D eigenvalue weighted by Crippen LogP contribution is 2.46. The maximum Gasteiger partial charge on any atom is 0.248 e. The first-order chi connectivity index (χ1) is 7.84. The first kappa shape index (κ1) is 12.6. The second-order valence-corrected chi connectivity index (χ2v) is 5.05. The van der Waals surface area contributed by atoms with Crippen LogP contribution in [0, 0.1) is 0 Å². The summed E-state index contributed by atoms with van der Waals surface area (Å²) >= 11 is 6.00. The van der Waals surface area contributed by atoms with Crippen molar-refractivity contribution in [1.29, 1.82) is 0 Å². The van der Waals surface area contributed by atoms with E-state index in [4.69, 9.17) is 17.3 Å². The first-order valence-electron chi connectivity index (χ1n) is 5.49. The van der Waals surface area contributed by atoms with Gasteiger partial charge in [-0.2, -0.15) is 0 Å². The van der Waals surface area contributed by atoms with Crippen LogP contribution in [0.15, 0.2) is 18.2 Å². The van der Waals surface area contributed by atoms with Gasteiger partial charge in [-0.15, -0.1) is 0 Å². The van der Waals surface area contributed by atoms with Crippen molar-refractivity contribution in [2.24, 2.45) is 5.73 Å². The van der Waals surface area contributed by atoms with Gasteiger partial charge in [0.2, 0.25) is 5.92 Å². The summed E-state index contributed by atoms with van der Waals surface area (Å²) in [5.41, 5.74) is 5.56. The number of nitrogens with two attached hydrogens (primary N) is 1. The molecule has 0 saturated heterocycles. The number of hydrogen-bond acceptors (Lipinski definition) is 2. The van der Waals surface area contributed by atoms with E-state index < -0.39 is 11.5 Å². The van der Waals surface area contributed by atoms with E-state index in [0.29, 0.717) is 10.6 Å². The lowest BCUT2D eigenvalue weighted by Crippen LogP contribution is -2.43. The molecule has 94 valence electrons. The number of phenols is 1. The third-order valence-electron chi connectivity index (χ3n) is 3.36. The molecule has 0 heterocycles. The molecule has 1 aromatic rings. The average Bonchev–Trinajstić information content (AvgIpc) is 2.23. The molecule has 0 unspecified atom stereocenters. The Morgan fingerprint density at radius 3 is 2.29 bits per heavy atom. The lowest BCUT2D eigenvalue weighted by Gasteiger charge is -2.38. The summed E-state index contributed by atoms with van der Waals surface area (Å²) in [6.45, 7) is 0. The zero-order valence-corrected chi connectivity index (χ0v) is 9.97. The van der Waals surface area contributed by atoms with E-state index in [9.17, 15) is 13.9 Å². The molecule has 0 bridgehead atoms. The third-order valence-corrected chi connectivity index (χ3v) is 3.68. The van der Waals surface area contributed by atoms with Gasteiger partial charge in [-0.05, 0) is 25.0 Å². The standard InChI is InChI=1S/C12H14ClF2NO/c13-8-2-1-3-9(17)10(8)11(16)4-6-12(14,15)7-5-11/h1-3,17H,4-7,16H2. The Hall–Kier alpha value is -0.870. The number of hydrogen-bond donors (Lipinski definition) is 2. The van der Waals surface area contributed by atoms with Crippen LogP contribution in [0.2, 0.25) is 5.02 Å². The van der Waals surface area contributed by atoms with Gasteiger partial charge < -0.3 is 10.8 Å². The average molecular weight is 262 g/mol. The third kappa shape index (κ3) is 2.38.